The summed E-state index contributed by atoms with van der Waals surface area (Å²) in [7, 11) is -0.628. The lowest BCUT2D eigenvalue weighted by atomic mass is 10.3. The monoisotopic (exact) mass is 248 g/mol. The van der Waals surface area contributed by atoms with E-state index in [1.165, 1.54) is 19.1 Å². The second-order valence-electron chi connectivity index (χ2n) is 4.93. The Morgan fingerprint density at radius 3 is 2.56 bits per heavy atom. The summed E-state index contributed by atoms with van der Waals surface area (Å²) in [4.78, 5) is 2.41. The second kappa shape index (κ2) is 5.98. The minimum Gasteiger partial charge on any atom is -0.315 e. The van der Waals surface area contributed by atoms with Gasteiger partial charge in [0.05, 0.1) is 5.75 Å². The number of nitrogens with zero attached hydrogens (tertiary/aromatic N) is 1. The van der Waals surface area contributed by atoms with E-state index in [0.717, 1.165) is 19.1 Å². The van der Waals surface area contributed by atoms with Crippen molar-refractivity contribution in [3.05, 3.63) is 0 Å². The van der Waals surface area contributed by atoms with Gasteiger partial charge in [-0.1, -0.05) is 0 Å². The maximum atomic E-state index is 10.9. The van der Waals surface area contributed by atoms with Gasteiger partial charge in [0, 0.05) is 24.9 Å². The first-order valence-electron chi connectivity index (χ1n) is 6.00. The second-order valence-corrected chi connectivity index (χ2v) is 7.19. The highest BCUT2D eigenvalue weighted by Crippen LogP contribution is 2.26. The molecule has 1 aliphatic rings. The average Bonchev–Trinajstić information content (AvgIpc) is 2.97. The molecule has 1 aliphatic carbocycles. The van der Waals surface area contributed by atoms with Crippen LogP contribution in [0.4, 0.5) is 0 Å². The molecule has 0 aliphatic heterocycles. The molecule has 0 radical (unpaired) electrons. The number of hydrogen-bond acceptors (Lipinski definition) is 4. The quantitative estimate of drug-likeness (QED) is 0.635. The first-order chi connectivity index (χ1) is 7.40. The van der Waals surface area contributed by atoms with Crippen LogP contribution < -0.4 is 5.32 Å². The molecule has 0 aromatic carbocycles. The minimum atomic E-state index is -2.80. The van der Waals surface area contributed by atoms with E-state index in [2.05, 4.69) is 24.2 Å². The molecule has 0 amide bonds. The molecule has 1 saturated carbocycles. The van der Waals surface area contributed by atoms with E-state index in [1.807, 2.05) is 0 Å². The molecule has 4 nitrogen and oxygen atoms in total. The van der Waals surface area contributed by atoms with Gasteiger partial charge in [0.2, 0.25) is 0 Å². The van der Waals surface area contributed by atoms with E-state index in [0.29, 0.717) is 12.5 Å². The van der Waals surface area contributed by atoms with Gasteiger partial charge in [0.15, 0.2) is 0 Å². The Kier molecular flexibility index (Phi) is 5.21. The highest BCUT2D eigenvalue weighted by Gasteiger charge is 2.28. The fourth-order valence-corrected chi connectivity index (χ4v) is 2.42. The van der Waals surface area contributed by atoms with Crippen LogP contribution in [0.5, 0.6) is 0 Å². The third-order valence-corrected chi connectivity index (χ3v) is 4.16. The molecular formula is C11H24N2O2S. The van der Waals surface area contributed by atoms with Crippen LogP contribution in [0.15, 0.2) is 0 Å². The van der Waals surface area contributed by atoms with Crippen molar-refractivity contribution in [3.8, 4) is 0 Å². The van der Waals surface area contributed by atoms with E-state index in [-0.39, 0.29) is 5.75 Å². The van der Waals surface area contributed by atoms with Gasteiger partial charge >= 0.3 is 0 Å². The summed E-state index contributed by atoms with van der Waals surface area (Å²) in [6.07, 6.45) is 4.65. The highest BCUT2D eigenvalue weighted by molar-refractivity contribution is 7.90. The molecule has 1 unspecified atom stereocenters. The van der Waals surface area contributed by atoms with Crippen molar-refractivity contribution in [2.45, 2.75) is 38.3 Å². The summed E-state index contributed by atoms with van der Waals surface area (Å²) in [6.45, 7) is 3.94. The van der Waals surface area contributed by atoms with Crippen molar-refractivity contribution >= 4 is 9.84 Å². The molecule has 0 aromatic rings. The molecule has 0 heterocycles. The summed E-state index contributed by atoms with van der Waals surface area (Å²) in [6, 6.07) is 1.32. The highest BCUT2D eigenvalue weighted by atomic mass is 32.2. The molecule has 1 fully saturated rings. The predicted molar refractivity (Wildman–Crippen MR) is 67.4 cm³/mol. The topological polar surface area (TPSA) is 49.4 Å². The third kappa shape index (κ3) is 5.82. The molecule has 1 N–H and O–H groups in total. The molecule has 1 rings (SSSR count). The number of sulfone groups is 1. The van der Waals surface area contributed by atoms with Gasteiger partial charge in [0.25, 0.3) is 0 Å². The Morgan fingerprint density at radius 1 is 1.44 bits per heavy atom. The largest absolute Gasteiger partial charge is 0.315 e. The van der Waals surface area contributed by atoms with Crippen LogP contribution in [0.1, 0.15) is 26.2 Å². The van der Waals surface area contributed by atoms with Gasteiger partial charge in [-0.05, 0) is 39.8 Å². The summed E-state index contributed by atoms with van der Waals surface area (Å²) in [5.74, 6) is 0.285. The maximum absolute atomic E-state index is 10.9. The smallest absolute Gasteiger partial charge is 0.147 e. The van der Waals surface area contributed by atoms with Crippen molar-refractivity contribution in [1.82, 2.24) is 10.2 Å². The minimum absolute atomic E-state index is 0.285. The van der Waals surface area contributed by atoms with E-state index in [1.54, 1.807) is 0 Å². The van der Waals surface area contributed by atoms with Crippen LogP contribution in [0.25, 0.3) is 0 Å². The summed E-state index contributed by atoms with van der Waals surface area (Å²) in [5, 5.41) is 3.32. The average molecular weight is 248 g/mol. The Bertz CT molecular complexity index is 299. The molecule has 1 atom stereocenters. The van der Waals surface area contributed by atoms with Crippen molar-refractivity contribution in [2.24, 2.45) is 0 Å². The van der Waals surface area contributed by atoms with Crippen LogP contribution in [0.3, 0.4) is 0 Å². The maximum Gasteiger partial charge on any atom is 0.147 e. The zero-order valence-electron chi connectivity index (χ0n) is 10.6. The molecule has 0 bridgehead atoms. The van der Waals surface area contributed by atoms with Crippen LogP contribution in [0.2, 0.25) is 0 Å². The number of hydrogen-bond donors (Lipinski definition) is 1. The van der Waals surface area contributed by atoms with E-state index < -0.39 is 9.84 Å². The molecule has 5 heteroatoms. The van der Waals surface area contributed by atoms with E-state index >= 15 is 0 Å². The lowest BCUT2D eigenvalue weighted by Gasteiger charge is -2.24. The lowest BCUT2D eigenvalue weighted by Crippen LogP contribution is -2.39. The summed E-state index contributed by atoms with van der Waals surface area (Å²) >= 11 is 0. The van der Waals surface area contributed by atoms with Crippen LogP contribution >= 0.6 is 0 Å². The van der Waals surface area contributed by atoms with Crippen molar-refractivity contribution < 1.29 is 8.42 Å². The fraction of sp³-hybridized carbons (Fsp3) is 1.00. The first-order valence-corrected chi connectivity index (χ1v) is 8.06. The predicted octanol–water partition coefficient (Wildman–Crippen LogP) is 0.493. The number of nitrogens with one attached hydrogen (secondary N) is 1. The summed E-state index contributed by atoms with van der Waals surface area (Å²) in [5.41, 5.74) is 0. The molecule has 16 heavy (non-hydrogen) atoms. The van der Waals surface area contributed by atoms with Crippen LogP contribution in [-0.4, -0.2) is 57.5 Å². The number of likely N-dealkylation sites (N-methyl/N-ethyl adjacent to an activating group) is 1. The number of rotatable bonds is 8. The zero-order chi connectivity index (χ0) is 12.2. The van der Waals surface area contributed by atoms with Gasteiger partial charge in [0.1, 0.15) is 9.84 Å². The lowest BCUT2D eigenvalue weighted by molar-refractivity contribution is 0.241. The molecule has 0 saturated heterocycles. The van der Waals surface area contributed by atoms with Gasteiger partial charge in [-0.15, -0.1) is 0 Å². The van der Waals surface area contributed by atoms with Gasteiger partial charge in [-0.25, -0.2) is 8.42 Å². The normalized spacial score (nSPS) is 19.0. The van der Waals surface area contributed by atoms with Crippen molar-refractivity contribution in [2.75, 3.05) is 32.1 Å². The summed E-state index contributed by atoms with van der Waals surface area (Å²) < 4.78 is 21.8. The first kappa shape index (κ1) is 13.9. The van der Waals surface area contributed by atoms with E-state index in [9.17, 15) is 8.42 Å². The van der Waals surface area contributed by atoms with Crippen molar-refractivity contribution in [1.29, 1.82) is 0 Å². The third-order valence-electron chi connectivity index (χ3n) is 3.13. The molecule has 96 valence electrons. The molecule has 0 spiro atoms. The van der Waals surface area contributed by atoms with Crippen molar-refractivity contribution in [3.63, 3.8) is 0 Å². The fourth-order valence-electron chi connectivity index (χ4n) is 1.76. The zero-order valence-corrected chi connectivity index (χ0v) is 11.4. The van der Waals surface area contributed by atoms with E-state index in [4.69, 9.17) is 0 Å². The van der Waals surface area contributed by atoms with Gasteiger partial charge < -0.3 is 5.32 Å². The van der Waals surface area contributed by atoms with Crippen LogP contribution in [-0.2, 0) is 9.84 Å². The Morgan fingerprint density at radius 2 is 2.06 bits per heavy atom. The van der Waals surface area contributed by atoms with Gasteiger partial charge in [-0.2, -0.15) is 0 Å². The Balaban J connectivity index is 2.02. The Hall–Kier alpha value is -0.130. The molecular weight excluding hydrogens is 224 g/mol. The molecule has 0 aromatic heterocycles. The van der Waals surface area contributed by atoms with Gasteiger partial charge in [-0.3, -0.25) is 4.90 Å². The standard InChI is InChI=1S/C11H24N2O2S/c1-10(13(2)11-5-6-11)9-12-7-4-8-16(3,14)15/h10-12H,4-9H2,1-3H3. The van der Waals surface area contributed by atoms with Crippen LogP contribution in [0, 0.1) is 0 Å². The Labute approximate surface area is 99.3 Å². The SMILES string of the molecule is CC(CNCCCS(C)(=O)=O)N(C)C1CC1.